The van der Waals surface area contributed by atoms with E-state index in [0.717, 1.165) is 13.1 Å². The monoisotopic (exact) mass is 307 g/mol. The third-order valence-corrected chi connectivity index (χ3v) is 2.45. The Morgan fingerprint density at radius 1 is 1.50 bits per heavy atom. The number of hydrogen-bond donors (Lipinski definition) is 2. The van der Waals surface area contributed by atoms with Crippen LogP contribution in [0.2, 0.25) is 0 Å². The van der Waals surface area contributed by atoms with Gasteiger partial charge in [0, 0.05) is 23.8 Å². The number of hydrogen-bond acceptors (Lipinski definition) is 3. The molecule has 16 heavy (non-hydrogen) atoms. The highest BCUT2D eigenvalue weighted by molar-refractivity contribution is 9.10. The third-order valence-electron chi connectivity index (χ3n) is 1.81. The number of rotatable bonds is 5. The molecule has 0 aromatic carbocycles. The lowest BCUT2D eigenvalue weighted by Crippen LogP contribution is -2.32. The van der Waals surface area contributed by atoms with E-state index < -0.39 is 0 Å². The van der Waals surface area contributed by atoms with Crippen LogP contribution in [-0.2, 0) is 0 Å². The van der Waals surface area contributed by atoms with Gasteiger partial charge < -0.3 is 10.6 Å². The van der Waals surface area contributed by atoms with E-state index in [-0.39, 0.29) is 18.3 Å². The summed E-state index contributed by atoms with van der Waals surface area (Å²) >= 11 is 3.28. The fourth-order valence-corrected chi connectivity index (χ4v) is 1.51. The molecule has 0 fully saturated rings. The van der Waals surface area contributed by atoms with Crippen LogP contribution >= 0.6 is 28.3 Å². The molecule has 6 heteroatoms. The minimum atomic E-state index is -0.152. The number of carbonyl (C=O) groups is 1. The summed E-state index contributed by atoms with van der Waals surface area (Å²) < 4.78 is 0.714. The smallest absolute Gasteiger partial charge is 0.271 e. The highest BCUT2D eigenvalue weighted by atomic mass is 79.9. The van der Waals surface area contributed by atoms with E-state index >= 15 is 0 Å². The van der Waals surface area contributed by atoms with Crippen LogP contribution < -0.4 is 10.6 Å². The second kappa shape index (κ2) is 8.50. The van der Waals surface area contributed by atoms with E-state index in [4.69, 9.17) is 0 Å². The second-order valence-corrected chi connectivity index (χ2v) is 3.80. The zero-order valence-corrected chi connectivity index (χ0v) is 11.4. The molecule has 1 aromatic heterocycles. The number of amides is 1. The maximum atomic E-state index is 11.6. The van der Waals surface area contributed by atoms with Gasteiger partial charge in [0.05, 0.1) is 0 Å². The van der Waals surface area contributed by atoms with Gasteiger partial charge in [0.15, 0.2) is 0 Å². The molecule has 1 aromatic rings. The molecule has 0 spiro atoms. The number of aromatic nitrogens is 1. The fourth-order valence-electron chi connectivity index (χ4n) is 1.08. The molecular weight excluding hydrogens is 293 g/mol. The molecule has 0 bridgehead atoms. The largest absolute Gasteiger partial charge is 0.349 e. The molecule has 0 atom stereocenters. The molecule has 0 aliphatic carbocycles. The Kier molecular flexibility index (Phi) is 8.15. The standard InChI is InChI=1S/C10H14BrN3O.ClH/c1-2-12-6-7-14-10(15)9-8(11)4-3-5-13-9;/h3-5,12H,2,6-7H2,1H3,(H,14,15);1H. The summed E-state index contributed by atoms with van der Waals surface area (Å²) in [6.07, 6.45) is 1.60. The van der Waals surface area contributed by atoms with Crippen LogP contribution in [0.3, 0.4) is 0 Å². The van der Waals surface area contributed by atoms with Crippen molar-refractivity contribution in [3.05, 3.63) is 28.5 Å². The van der Waals surface area contributed by atoms with Crippen LogP contribution in [0.25, 0.3) is 0 Å². The van der Waals surface area contributed by atoms with Gasteiger partial charge in [-0.1, -0.05) is 6.92 Å². The highest BCUT2D eigenvalue weighted by Gasteiger charge is 2.09. The predicted octanol–water partition coefficient (Wildman–Crippen LogP) is 1.61. The van der Waals surface area contributed by atoms with Gasteiger partial charge in [0.25, 0.3) is 5.91 Å². The van der Waals surface area contributed by atoms with E-state index in [0.29, 0.717) is 16.7 Å². The number of halogens is 2. The molecule has 0 saturated carbocycles. The van der Waals surface area contributed by atoms with Crippen molar-refractivity contribution in [3.8, 4) is 0 Å². The maximum absolute atomic E-state index is 11.6. The molecule has 90 valence electrons. The van der Waals surface area contributed by atoms with Crippen LogP contribution in [0.15, 0.2) is 22.8 Å². The number of likely N-dealkylation sites (N-methyl/N-ethyl adjacent to an activating group) is 1. The fraction of sp³-hybridized carbons (Fsp3) is 0.400. The van der Waals surface area contributed by atoms with E-state index in [1.54, 1.807) is 18.3 Å². The van der Waals surface area contributed by atoms with Crippen molar-refractivity contribution in [1.82, 2.24) is 15.6 Å². The Balaban J connectivity index is 0.00000225. The molecule has 4 nitrogen and oxygen atoms in total. The maximum Gasteiger partial charge on any atom is 0.271 e. The molecule has 0 saturated heterocycles. The van der Waals surface area contributed by atoms with E-state index in [9.17, 15) is 4.79 Å². The van der Waals surface area contributed by atoms with Crippen LogP contribution in [-0.4, -0.2) is 30.5 Å². The molecule has 2 N–H and O–H groups in total. The predicted molar refractivity (Wildman–Crippen MR) is 70.1 cm³/mol. The lowest BCUT2D eigenvalue weighted by atomic mass is 10.3. The van der Waals surface area contributed by atoms with Crippen molar-refractivity contribution in [2.75, 3.05) is 19.6 Å². The number of nitrogens with zero attached hydrogens (tertiary/aromatic N) is 1. The first-order chi connectivity index (χ1) is 7.25. The minimum Gasteiger partial charge on any atom is -0.349 e. The van der Waals surface area contributed by atoms with Gasteiger partial charge in [-0.25, -0.2) is 4.98 Å². The zero-order chi connectivity index (χ0) is 11.1. The average Bonchev–Trinajstić information content (AvgIpc) is 2.25. The van der Waals surface area contributed by atoms with Crippen molar-refractivity contribution in [2.24, 2.45) is 0 Å². The van der Waals surface area contributed by atoms with E-state index in [1.165, 1.54) is 0 Å². The lowest BCUT2D eigenvalue weighted by Gasteiger charge is -2.05. The van der Waals surface area contributed by atoms with Crippen molar-refractivity contribution < 1.29 is 4.79 Å². The minimum absolute atomic E-state index is 0. The molecule has 1 rings (SSSR count). The van der Waals surface area contributed by atoms with Crippen molar-refractivity contribution in [3.63, 3.8) is 0 Å². The first kappa shape index (κ1) is 15.3. The van der Waals surface area contributed by atoms with Crippen molar-refractivity contribution in [1.29, 1.82) is 0 Å². The summed E-state index contributed by atoms with van der Waals surface area (Å²) in [5.74, 6) is -0.152. The quantitative estimate of drug-likeness (QED) is 0.813. The summed E-state index contributed by atoms with van der Waals surface area (Å²) in [6, 6.07) is 3.58. The van der Waals surface area contributed by atoms with Gasteiger partial charge in [-0.3, -0.25) is 4.79 Å². The van der Waals surface area contributed by atoms with Crippen LogP contribution in [0, 0.1) is 0 Å². The number of pyridine rings is 1. The first-order valence-corrected chi connectivity index (χ1v) is 5.64. The Labute approximate surface area is 110 Å². The van der Waals surface area contributed by atoms with Gasteiger partial charge in [-0.2, -0.15) is 0 Å². The molecule has 0 aliphatic heterocycles. The van der Waals surface area contributed by atoms with Crippen LogP contribution in [0.4, 0.5) is 0 Å². The van der Waals surface area contributed by atoms with Gasteiger partial charge in [-0.15, -0.1) is 12.4 Å². The molecule has 0 radical (unpaired) electrons. The van der Waals surface area contributed by atoms with Gasteiger partial charge in [0.2, 0.25) is 0 Å². The average molecular weight is 309 g/mol. The van der Waals surface area contributed by atoms with Gasteiger partial charge in [0.1, 0.15) is 5.69 Å². The summed E-state index contributed by atoms with van der Waals surface area (Å²) in [4.78, 5) is 15.6. The highest BCUT2D eigenvalue weighted by Crippen LogP contribution is 2.12. The molecule has 1 amide bonds. The van der Waals surface area contributed by atoms with Crippen molar-refractivity contribution >= 4 is 34.2 Å². The lowest BCUT2D eigenvalue weighted by molar-refractivity contribution is 0.0948. The Morgan fingerprint density at radius 3 is 2.88 bits per heavy atom. The third kappa shape index (κ3) is 4.92. The number of carbonyl (C=O) groups excluding carboxylic acids is 1. The summed E-state index contributed by atoms with van der Waals surface area (Å²) in [7, 11) is 0. The second-order valence-electron chi connectivity index (χ2n) is 2.94. The SMILES string of the molecule is CCNCCNC(=O)c1ncccc1Br.Cl. The summed E-state index contributed by atoms with van der Waals surface area (Å²) in [5.41, 5.74) is 0.425. The first-order valence-electron chi connectivity index (χ1n) is 4.85. The molecule has 1 heterocycles. The Bertz CT molecular complexity index is 336. The van der Waals surface area contributed by atoms with Crippen LogP contribution in [0.5, 0.6) is 0 Å². The van der Waals surface area contributed by atoms with Crippen molar-refractivity contribution in [2.45, 2.75) is 6.92 Å². The topological polar surface area (TPSA) is 54.0 Å². The molecular formula is C10H15BrClN3O. The Hall–Kier alpha value is -0.650. The van der Waals surface area contributed by atoms with Crippen LogP contribution in [0.1, 0.15) is 17.4 Å². The number of nitrogens with one attached hydrogen (secondary N) is 2. The van der Waals surface area contributed by atoms with E-state index in [2.05, 4.69) is 31.5 Å². The van der Waals surface area contributed by atoms with Gasteiger partial charge in [-0.05, 0) is 34.6 Å². The zero-order valence-electron chi connectivity index (χ0n) is 9.00. The molecule has 0 aliphatic rings. The summed E-state index contributed by atoms with van der Waals surface area (Å²) in [5, 5.41) is 5.90. The molecule has 0 unspecified atom stereocenters. The van der Waals surface area contributed by atoms with E-state index in [1.807, 2.05) is 6.92 Å². The summed E-state index contributed by atoms with van der Waals surface area (Å²) in [6.45, 7) is 4.31. The Morgan fingerprint density at radius 2 is 2.25 bits per heavy atom. The van der Waals surface area contributed by atoms with Gasteiger partial charge >= 0.3 is 0 Å². The normalized spacial score (nSPS) is 9.38.